The van der Waals surface area contributed by atoms with E-state index in [4.69, 9.17) is 17.0 Å². The molecule has 2 aromatic rings. The number of H-pyrrole nitrogens is 1. The van der Waals surface area contributed by atoms with Gasteiger partial charge in [0.2, 0.25) is 4.77 Å². The SMILES string of the molecule is COc1ccc(/C=N/n2c(=O)cn[nH]c2=S)cc1O. The number of methoxy groups -OCH3 is 1. The Morgan fingerprint density at radius 1 is 1.58 bits per heavy atom. The van der Waals surface area contributed by atoms with E-state index >= 15 is 0 Å². The van der Waals surface area contributed by atoms with Crippen LogP contribution in [0.5, 0.6) is 11.5 Å². The second-order valence-electron chi connectivity index (χ2n) is 3.50. The highest BCUT2D eigenvalue weighted by Crippen LogP contribution is 2.25. The highest BCUT2D eigenvalue weighted by atomic mass is 32.1. The van der Waals surface area contributed by atoms with Crippen molar-refractivity contribution in [2.45, 2.75) is 0 Å². The summed E-state index contributed by atoms with van der Waals surface area (Å²) in [6.45, 7) is 0. The predicted molar refractivity (Wildman–Crippen MR) is 71.3 cm³/mol. The minimum absolute atomic E-state index is 0.0151. The normalized spacial score (nSPS) is 10.8. The van der Waals surface area contributed by atoms with Crippen LogP contribution in [0.2, 0.25) is 0 Å². The maximum Gasteiger partial charge on any atom is 0.293 e. The van der Waals surface area contributed by atoms with Gasteiger partial charge in [0.05, 0.1) is 13.3 Å². The minimum Gasteiger partial charge on any atom is -0.504 e. The highest BCUT2D eigenvalue weighted by Gasteiger charge is 2.01. The van der Waals surface area contributed by atoms with E-state index < -0.39 is 5.56 Å². The number of phenolic OH excluding ortho intramolecular Hbond substituents is 1. The van der Waals surface area contributed by atoms with Gasteiger partial charge < -0.3 is 9.84 Å². The summed E-state index contributed by atoms with van der Waals surface area (Å²) in [6, 6.07) is 4.73. The van der Waals surface area contributed by atoms with Crippen LogP contribution in [0.15, 0.2) is 34.3 Å². The van der Waals surface area contributed by atoms with Gasteiger partial charge in [0.15, 0.2) is 11.5 Å². The van der Waals surface area contributed by atoms with Crippen molar-refractivity contribution in [1.82, 2.24) is 14.9 Å². The number of rotatable bonds is 3. The first kappa shape index (κ1) is 13.0. The van der Waals surface area contributed by atoms with Gasteiger partial charge in [-0.1, -0.05) is 0 Å². The molecule has 1 aromatic carbocycles. The Labute approximate surface area is 112 Å². The van der Waals surface area contributed by atoms with Crippen LogP contribution in [0.4, 0.5) is 0 Å². The van der Waals surface area contributed by atoms with Crippen LogP contribution in [0.1, 0.15) is 5.56 Å². The summed E-state index contributed by atoms with van der Waals surface area (Å²) in [7, 11) is 1.46. The van der Waals surface area contributed by atoms with Crippen molar-refractivity contribution < 1.29 is 9.84 Å². The maximum absolute atomic E-state index is 11.5. The van der Waals surface area contributed by atoms with Crippen molar-refractivity contribution in [1.29, 1.82) is 0 Å². The van der Waals surface area contributed by atoms with Crippen LogP contribution in [-0.4, -0.2) is 33.3 Å². The van der Waals surface area contributed by atoms with Crippen LogP contribution in [0, 0.1) is 4.77 Å². The van der Waals surface area contributed by atoms with Gasteiger partial charge in [-0.3, -0.25) is 9.89 Å². The van der Waals surface area contributed by atoms with Gasteiger partial charge in [0.1, 0.15) is 6.20 Å². The van der Waals surface area contributed by atoms with E-state index in [2.05, 4.69) is 15.3 Å². The molecule has 7 nitrogen and oxygen atoms in total. The first-order valence-corrected chi connectivity index (χ1v) is 5.61. The fourth-order valence-electron chi connectivity index (χ4n) is 1.37. The smallest absolute Gasteiger partial charge is 0.293 e. The quantitative estimate of drug-likeness (QED) is 0.642. The molecule has 1 aromatic heterocycles. The summed E-state index contributed by atoms with van der Waals surface area (Å²) < 4.78 is 6.00. The second kappa shape index (κ2) is 5.44. The Bertz CT molecular complexity index is 707. The Balaban J connectivity index is 2.36. The number of nitrogens with one attached hydrogen (secondary N) is 1. The zero-order valence-electron chi connectivity index (χ0n) is 9.90. The van der Waals surface area contributed by atoms with Crippen molar-refractivity contribution in [3.8, 4) is 11.5 Å². The van der Waals surface area contributed by atoms with E-state index in [1.807, 2.05) is 0 Å². The monoisotopic (exact) mass is 278 g/mol. The van der Waals surface area contributed by atoms with E-state index in [1.165, 1.54) is 19.4 Å². The van der Waals surface area contributed by atoms with E-state index in [-0.39, 0.29) is 10.5 Å². The van der Waals surface area contributed by atoms with Gasteiger partial charge in [0, 0.05) is 0 Å². The number of nitrogens with zero attached hydrogens (tertiary/aromatic N) is 3. The fraction of sp³-hybridized carbons (Fsp3) is 0.0909. The van der Waals surface area contributed by atoms with Crippen LogP contribution < -0.4 is 10.3 Å². The molecule has 0 unspecified atom stereocenters. The molecule has 0 aliphatic heterocycles. The number of aromatic amines is 1. The number of ether oxygens (including phenoxy) is 1. The molecule has 0 radical (unpaired) electrons. The first-order valence-electron chi connectivity index (χ1n) is 5.20. The van der Waals surface area contributed by atoms with Gasteiger partial charge in [-0.05, 0) is 36.0 Å². The second-order valence-corrected chi connectivity index (χ2v) is 3.89. The van der Waals surface area contributed by atoms with Gasteiger partial charge in [-0.25, -0.2) is 0 Å². The van der Waals surface area contributed by atoms with Crippen molar-refractivity contribution in [3.05, 3.63) is 45.1 Å². The summed E-state index contributed by atoms with van der Waals surface area (Å²) in [5, 5.41) is 19.5. The Morgan fingerprint density at radius 2 is 2.37 bits per heavy atom. The molecule has 19 heavy (non-hydrogen) atoms. The zero-order chi connectivity index (χ0) is 13.8. The zero-order valence-corrected chi connectivity index (χ0v) is 10.7. The van der Waals surface area contributed by atoms with Crippen molar-refractivity contribution in [2.75, 3.05) is 7.11 Å². The molecule has 0 atom stereocenters. The van der Waals surface area contributed by atoms with Crippen LogP contribution in [0.3, 0.4) is 0 Å². The topological polar surface area (TPSA) is 92.5 Å². The predicted octanol–water partition coefficient (Wildman–Crippen LogP) is 0.897. The molecule has 8 heteroatoms. The molecule has 0 aliphatic rings. The van der Waals surface area contributed by atoms with Crippen LogP contribution >= 0.6 is 12.2 Å². The summed E-state index contributed by atoms with van der Waals surface area (Å²) in [4.78, 5) is 11.5. The molecule has 1 heterocycles. The average molecular weight is 278 g/mol. The third kappa shape index (κ3) is 2.86. The lowest BCUT2D eigenvalue weighted by atomic mass is 10.2. The van der Waals surface area contributed by atoms with Crippen molar-refractivity contribution in [2.24, 2.45) is 5.10 Å². The summed E-state index contributed by atoms with van der Waals surface area (Å²) >= 11 is 4.88. The third-order valence-electron chi connectivity index (χ3n) is 2.26. The lowest BCUT2D eigenvalue weighted by Gasteiger charge is -2.03. The molecule has 0 fully saturated rings. The number of phenols is 1. The maximum atomic E-state index is 11.5. The minimum atomic E-state index is -0.447. The lowest BCUT2D eigenvalue weighted by Crippen LogP contribution is -2.18. The average Bonchev–Trinajstić information content (AvgIpc) is 2.38. The third-order valence-corrected chi connectivity index (χ3v) is 2.53. The van der Waals surface area contributed by atoms with E-state index in [1.54, 1.807) is 12.1 Å². The first-order chi connectivity index (χ1) is 9.11. The molecule has 2 N–H and O–H groups in total. The fourth-order valence-corrected chi connectivity index (χ4v) is 1.56. The summed E-state index contributed by atoms with van der Waals surface area (Å²) in [6.07, 6.45) is 2.46. The summed E-state index contributed by atoms with van der Waals surface area (Å²) in [5.41, 5.74) is 0.147. The summed E-state index contributed by atoms with van der Waals surface area (Å²) in [5.74, 6) is 0.342. The molecule has 98 valence electrons. The molecule has 0 bridgehead atoms. The number of hydrogen-bond acceptors (Lipinski definition) is 6. The number of aromatic hydroxyl groups is 1. The largest absolute Gasteiger partial charge is 0.504 e. The number of aromatic nitrogens is 3. The van der Waals surface area contributed by atoms with Crippen molar-refractivity contribution in [3.63, 3.8) is 0 Å². The van der Waals surface area contributed by atoms with Crippen LogP contribution in [0.25, 0.3) is 0 Å². The highest BCUT2D eigenvalue weighted by molar-refractivity contribution is 7.71. The van der Waals surface area contributed by atoms with Gasteiger partial charge in [0.25, 0.3) is 5.56 Å². The molecule has 0 saturated heterocycles. The molecular weight excluding hydrogens is 268 g/mol. The number of hydrogen-bond donors (Lipinski definition) is 2. The lowest BCUT2D eigenvalue weighted by molar-refractivity contribution is 0.373. The van der Waals surface area contributed by atoms with Crippen molar-refractivity contribution >= 4 is 18.4 Å². The molecular formula is C11H10N4O3S. The standard InChI is InChI=1S/C11H10N4O3S/c1-18-9-3-2-7(4-8(9)16)5-13-15-10(17)6-12-14-11(15)19/h2-6,16H,1H3,(H,14,19)/b13-5+. The van der Waals surface area contributed by atoms with E-state index in [0.29, 0.717) is 11.3 Å². The molecule has 0 saturated carbocycles. The molecule has 2 rings (SSSR count). The number of benzene rings is 1. The van der Waals surface area contributed by atoms with Gasteiger partial charge in [-0.2, -0.15) is 14.9 Å². The van der Waals surface area contributed by atoms with Gasteiger partial charge in [-0.15, -0.1) is 0 Å². The Kier molecular flexibility index (Phi) is 3.71. The Morgan fingerprint density at radius 3 is 3.00 bits per heavy atom. The molecule has 0 amide bonds. The van der Waals surface area contributed by atoms with Gasteiger partial charge >= 0.3 is 0 Å². The Hall–Kier alpha value is -2.48. The van der Waals surface area contributed by atoms with Crippen LogP contribution in [-0.2, 0) is 0 Å². The molecule has 0 aliphatic carbocycles. The van der Waals surface area contributed by atoms with E-state index in [0.717, 1.165) is 10.9 Å². The van der Waals surface area contributed by atoms with E-state index in [9.17, 15) is 9.90 Å². The molecule has 0 spiro atoms.